The van der Waals surface area contributed by atoms with Gasteiger partial charge in [0.1, 0.15) is 12.2 Å². The first-order chi connectivity index (χ1) is 9.04. The Labute approximate surface area is 118 Å². The van der Waals surface area contributed by atoms with Gasteiger partial charge in [-0.2, -0.15) is 0 Å². The zero-order chi connectivity index (χ0) is 14.3. The number of rotatable bonds is 8. The molecule has 3 heteroatoms. The normalized spacial score (nSPS) is 27.1. The lowest BCUT2D eigenvalue weighted by molar-refractivity contribution is -0.156. The highest BCUT2D eigenvalue weighted by atomic mass is 16.8. The highest BCUT2D eigenvalue weighted by Crippen LogP contribution is 2.32. The van der Waals surface area contributed by atoms with Gasteiger partial charge in [-0.3, -0.25) is 0 Å². The standard InChI is InChI=1S/C16H28O3/c1-6-8-9-10-11-12-14(17-5)15-13(7-2)18-16(3,4)19-15/h2,13-15H,6,8-12H2,1,3-5H3/t13-,14-,15-/m1/s1. The van der Waals surface area contributed by atoms with E-state index in [0.29, 0.717) is 0 Å². The summed E-state index contributed by atoms with van der Waals surface area (Å²) in [5.41, 5.74) is 0. The first-order valence-corrected chi connectivity index (χ1v) is 7.38. The summed E-state index contributed by atoms with van der Waals surface area (Å²) in [6.45, 7) is 6.01. The monoisotopic (exact) mass is 268 g/mol. The van der Waals surface area contributed by atoms with Crippen LogP contribution in [0.4, 0.5) is 0 Å². The summed E-state index contributed by atoms with van der Waals surface area (Å²) in [7, 11) is 1.72. The average Bonchev–Trinajstić information content (AvgIpc) is 2.69. The van der Waals surface area contributed by atoms with Gasteiger partial charge in [0.15, 0.2) is 5.79 Å². The van der Waals surface area contributed by atoms with Crippen molar-refractivity contribution in [3.05, 3.63) is 0 Å². The van der Waals surface area contributed by atoms with Crippen molar-refractivity contribution in [3.63, 3.8) is 0 Å². The predicted molar refractivity (Wildman–Crippen MR) is 76.8 cm³/mol. The van der Waals surface area contributed by atoms with E-state index in [1.54, 1.807) is 7.11 Å². The fraction of sp³-hybridized carbons (Fsp3) is 0.875. The van der Waals surface area contributed by atoms with Gasteiger partial charge < -0.3 is 14.2 Å². The van der Waals surface area contributed by atoms with Gasteiger partial charge in [0, 0.05) is 7.11 Å². The Bertz CT molecular complexity index is 293. The summed E-state index contributed by atoms with van der Waals surface area (Å²) in [6.07, 6.45) is 12.3. The largest absolute Gasteiger partial charge is 0.379 e. The number of hydrogen-bond donors (Lipinski definition) is 0. The maximum Gasteiger partial charge on any atom is 0.165 e. The van der Waals surface area contributed by atoms with Gasteiger partial charge >= 0.3 is 0 Å². The third-order valence-corrected chi connectivity index (χ3v) is 3.55. The first kappa shape index (κ1) is 16.5. The Balaban J connectivity index is 2.43. The molecule has 1 rings (SSSR count). The van der Waals surface area contributed by atoms with Crippen molar-refractivity contribution in [3.8, 4) is 12.3 Å². The molecule has 1 heterocycles. The maximum absolute atomic E-state index is 5.89. The van der Waals surface area contributed by atoms with E-state index in [0.717, 1.165) is 12.8 Å². The van der Waals surface area contributed by atoms with Crippen LogP contribution in [0.15, 0.2) is 0 Å². The van der Waals surface area contributed by atoms with Crippen LogP contribution in [0, 0.1) is 12.3 Å². The van der Waals surface area contributed by atoms with Gasteiger partial charge in [-0.05, 0) is 20.3 Å². The van der Waals surface area contributed by atoms with Gasteiger partial charge in [-0.15, -0.1) is 6.42 Å². The molecule has 0 saturated carbocycles. The molecule has 0 aromatic carbocycles. The van der Waals surface area contributed by atoms with Crippen LogP contribution >= 0.6 is 0 Å². The summed E-state index contributed by atoms with van der Waals surface area (Å²) in [5.74, 6) is 2.06. The van der Waals surface area contributed by atoms with Crippen LogP contribution < -0.4 is 0 Å². The molecular weight excluding hydrogens is 240 g/mol. The fourth-order valence-electron chi connectivity index (χ4n) is 2.56. The van der Waals surface area contributed by atoms with Crippen molar-refractivity contribution in [2.24, 2.45) is 0 Å². The SMILES string of the molecule is C#C[C@H]1OC(C)(C)O[C@H]1[C@@H](CCCCCCC)OC. The van der Waals surface area contributed by atoms with E-state index in [1.807, 2.05) is 13.8 Å². The molecule has 1 fully saturated rings. The topological polar surface area (TPSA) is 27.7 Å². The summed E-state index contributed by atoms with van der Waals surface area (Å²) < 4.78 is 17.2. The average molecular weight is 268 g/mol. The quantitative estimate of drug-likeness (QED) is 0.498. The van der Waals surface area contributed by atoms with E-state index in [4.69, 9.17) is 20.6 Å². The molecule has 3 atom stereocenters. The van der Waals surface area contributed by atoms with Gasteiger partial charge in [0.25, 0.3) is 0 Å². The summed E-state index contributed by atoms with van der Waals surface area (Å²) in [4.78, 5) is 0. The molecule has 3 nitrogen and oxygen atoms in total. The number of unbranched alkanes of at least 4 members (excludes halogenated alkanes) is 4. The van der Waals surface area contributed by atoms with Crippen molar-refractivity contribution in [2.45, 2.75) is 83.4 Å². The number of terminal acetylenes is 1. The predicted octanol–water partition coefficient (Wildman–Crippen LogP) is 3.52. The molecule has 1 aliphatic rings. The van der Waals surface area contributed by atoms with Crippen molar-refractivity contribution in [1.29, 1.82) is 0 Å². The van der Waals surface area contributed by atoms with Gasteiger partial charge in [0.05, 0.1) is 6.10 Å². The van der Waals surface area contributed by atoms with E-state index >= 15 is 0 Å². The van der Waals surface area contributed by atoms with Crippen molar-refractivity contribution in [2.75, 3.05) is 7.11 Å². The van der Waals surface area contributed by atoms with Crippen LogP contribution in [0.3, 0.4) is 0 Å². The Morgan fingerprint density at radius 1 is 1.21 bits per heavy atom. The second-order valence-electron chi connectivity index (χ2n) is 5.66. The molecular formula is C16H28O3. The lowest BCUT2D eigenvalue weighted by Gasteiger charge is -2.24. The molecule has 1 saturated heterocycles. The van der Waals surface area contributed by atoms with Gasteiger partial charge in [0.2, 0.25) is 0 Å². The summed E-state index contributed by atoms with van der Waals surface area (Å²) in [5, 5.41) is 0. The summed E-state index contributed by atoms with van der Waals surface area (Å²) >= 11 is 0. The minimum Gasteiger partial charge on any atom is -0.379 e. The molecule has 0 radical (unpaired) electrons. The van der Waals surface area contributed by atoms with E-state index in [1.165, 1.54) is 25.7 Å². The lowest BCUT2D eigenvalue weighted by atomic mass is 10.0. The zero-order valence-corrected chi connectivity index (χ0v) is 12.8. The number of hydrogen-bond acceptors (Lipinski definition) is 3. The van der Waals surface area contributed by atoms with Crippen LogP contribution in [0.2, 0.25) is 0 Å². The lowest BCUT2D eigenvalue weighted by Crippen LogP contribution is -2.36. The Kier molecular flexibility index (Phi) is 6.85. The number of ether oxygens (including phenoxy) is 3. The van der Waals surface area contributed by atoms with E-state index in [2.05, 4.69) is 12.8 Å². The molecule has 0 aromatic heterocycles. The molecule has 0 amide bonds. The third-order valence-electron chi connectivity index (χ3n) is 3.55. The molecule has 0 aliphatic carbocycles. The van der Waals surface area contributed by atoms with Crippen LogP contribution in [0.5, 0.6) is 0 Å². The van der Waals surface area contributed by atoms with Gasteiger partial charge in [-0.25, -0.2) is 0 Å². The van der Waals surface area contributed by atoms with Crippen molar-refractivity contribution >= 4 is 0 Å². The molecule has 19 heavy (non-hydrogen) atoms. The van der Waals surface area contributed by atoms with E-state index in [9.17, 15) is 0 Å². The molecule has 0 unspecified atom stereocenters. The maximum atomic E-state index is 5.89. The molecule has 110 valence electrons. The Hall–Kier alpha value is -0.560. The molecule has 0 bridgehead atoms. The fourth-order valence-corrected chi connectivity index (χ4v) is 2.56. The van der Waals surface area contributed by atoms with Crippen LogP contribution in [-0.2, 0) is 14.2 Å². The summed E-state index contributed by atoms with van der Waals surface area (Å²) in [6, 6.07) is 0. The van der Waals surface area contributed by atoms with Crippen LogP contribution in [-0.4, -0.2) is 31.2 Å². The highest BCUT2D eigenvalue weighted by molar-refractivity contribution is 5.05. The molecule has 1 aliphatic heterocycles. The highest BCUT2D eigenvalue weighted by Gasteiger charge is 2.44. The minimum absolute atomic E-state index is 0.0180. The van der Waals surface area contributed by atoms with E-state index < -0.39 is 5.79 Å². The van der Waals surface area contributed by atoms with Crippen LogP contribution in [0.25, 0.3) is 0 Å². The second-order valence-corrected chi connectivity index (χ2v) is 5.66. The second kappa shape index (κ2) is 7.89. The van der Waals surface area contributed by atoms with Crippen molar-refractivity contribution in [1.82, 2.24) is 0 Å². The number of methoxy groups -OCH3 is 1. The molecule has 0 aromatic rings. The van der Waals surface area contributed by atoms with Crippen LogP contribution in [0.1, 0.15) is 59.3 Å². The van der Waals surface area contributed by atoms with Gasteiger partial charge in [-0.1, -0.05) is 44.9 Å². The molecule has 0 N–H and O–H groups in total. The Morgan fingerprint density at radius 2 is 1.89 bits per heavy atom. The Morgan fingerprint density at radius 3 is 2.47 bits per heavy atom. The molecule has 0 spiro atoms. The third kappa shape index (κ3) is 5.14. The van der Waals surface area contributed by atoms with Crippen molar-refractivity contribution < 1.29 is 14.2 Å². The minimum atomic E-state index is -0.610. The zero-order valence-electron chi connectivity index (χ0n) is 12.8. The first-order valence-electron chi connectivity index (χ1n) is 7.38. The smallest absolute Gasteiger partial charge is 0.165 e. The van der Waals surface area contributed by atoms with E-state index in [-0.39, 0.29) is 18.3 Å².